The van der Waals surface area contributed by atoms with E-state index in [2.05, 4.69) is 15.5 Å². The molecule has 3 N–H and O–H groups in total. The lowest BCUT2D eigenvalue weighted by Gasteiger charge is -2.27. The van der Waals surface area contributed by atoms with E-state index in [1.54, 1.807) is 24.3 Å². The number of rotatable bonds is 8. The molecule has 154 valence electrons. The molecule has 1 aliphatic carbocycles. The van der Waals surface area contributed by atoms with E-state index in [1.165, 1.54) is 17.0 Å². The predicted octanol–water partition coefficient (Wildman–Crippen LogP) is 2.62. The molecule has 2 aromatic rings. The molecule has 29 heavy (non-hydrogen) atoms. The second kappa shape index (κ2) is 8.55. The molecular formula is C21H26FN5O2. The molecular weight excluding hydrogens is 373 g/mol. The van der Waals surface area contributed by atoms with Gasteiger partial charge in [0.05, 0.1) is 5.92 Å². The van der Waals surface area contributed by atoms with Crippen LogP contribution in [0.5, 0.6) is 0 Å². The zero-order valence-corrected chi connectivity index (χ0v) is 16.6. The van der Waals surface area contributed by atoms with E-state index in [4.69, 9.17) is 5.73 Å². The fourth-order valence-electron chi connectivity index (χ4n) is 3.78. The number of nitrogens with two attached hydrogens (primary N) is 1. The van der Waals surface area contributed by atoms with Gasteiger partial charge >= 0.3 is 0 Å². The number of benzene rings is 1. The van der Waals surface area contributed by atoms with Crippen molar-refractivity contribution in [2.45, 2.75) is 44.6 Å². The molecule has 7 nitrogen and oxygen atoms in total. The Labute approximate surface area is 169 Å². The quantitative estimate of drug-likeness (QED) is 0.665. The molecule has 1 saturated carbocycles. The molecule has 1 fully saturated rings. The van der Waals surface area contributed by atoms with Crippen molar-refractivity contribution in [3.8, 4) is 0 Å². The summed E-state index contributed by atoms with van der Waals surface area (Å²) in [7, 11) is 0. The lowest BCUT2D eigenvalue weighted by Crippen LogP contribution is -2.42. The van der Waals surface area contributed by atoms with Gasteiger partial charge in [-0.05, 0) is 42.7 Å². The summed E-state index contributed by atoms with van der Waals surface area (Å²) < 4.78 is 13.1. The molecule has 0 aliphatic heterocycles. The largest absolute Gasteiger partial charge is 0.369 e. The molecule has 2 amide bonds. The first kappa shape index (κ1) is 20.7. The summed E-state index contributed by atoms with van der Waals surface area (Å²) in [6.07, 6.45) is 2.91. The van der Waals surface area contributed by atoms with Crippen LogP contribution in [0.2, 0.25) is 0 Å². The van der Waals surface area contributed by atoms with E-state index >= 15 is 0 Å². The Hall–Kier alpha value is -3.03. The average molecular weight is 399 g/mol. The Kier molecular flexibility index (Phi) is 6.10. The highest BCUT2D eigenvalue weighted by Crippen LogP contribution is 2.31. The monoisotopic (exact) mass is 399 g/mol. The Bertz CT molecular complexity index is 854. The molecule has 0 unspecified atom stereocenters. The average Bonchev–Trinajstić information content (AvgIpc) is 3.18. The molecule has 0 saturated heterocycles. The van der Waals surface area contributed by atoms with Gasteiger partial charge in [-0.3, -0.25) is 14.5 Å². The Morgan fingerprint density at radius 2 is 1.97 bits per heavy atom. The van der Waals surface area contributed by atoms with Gasteiger partial charge in [0.2, 0.25) is 12.3 Å². The highest BCUT2D eigenvalue weighted by Gasteiger charge is 2.36. The topological polar surface area (TPSA) is 101 Å². The van der Waals surface area contributed by atoms with E-state index < -0.39 is 5.91 Å². The summed E-state index contributed by atoms with van der Waals surface area (Å²) in [5.41, 5.74) is 6.22. The van der Waals surface area contributed by atoms with Crippen molar-refractivity contribution in [2.75, 3.05) is 16.8 Å². The van der Waals surface area contributed by atoms with E-state index in [0.29, 0.717) is 37.4 Å². The second-order valence-corrected chi connectivity index (χ2v) is 8.04. The first-order chi connectivity index (χ1) is 13.8. The summed E-state index contributed by atoms with van der Waals surface area (Å²) in [5, 5.41) is 11.5. The van der Waals surface area contributed by atoms with Crippen molar-refractivity contribution in [1.82, 2.24) is 10.2 Å². The lowest BCUT2D eigenvalue weighted by molar-refractivity contribution is -0.122. The maximum absolute atomic E-state index is 13.1. The number of nitrogens with one attached hydrogen (secondary N) is 1. The van der Waals surface area contributed by atoms with Crippen molar-refractivity contribution >= 4 is 24.0 Å². The fourth-order valence-corrected chi connectivity index (χ4v) is 3.78. The van der Waals surface area contributed by atoms with Crippen LogP contribution in [0.4, 0.5) is 16.0 Å². The molecule has 1 aromatic carbocycles. The number of halogens is 1. The maximum Gasteiger partial charge on any atom is 0.222 e. The zero-order chi connectivity index (χ0) is 21.0. The van der Waals surface area contributed by atoms with Crippen molar-refractivity contribution in [2.24, 2.45) is 11.7 Å². The zero-order valence-electron chi connectivity index (χ0n) is 16.6. The molecule has 0 spiro atoms. The van der Waals surface area contributed by atoms with Crippen LogP contribution < -0.4 is 16.0 Å². The summed E-state index contributed by atoms with van der Waals surface area (Å²) in [6.45, 7) is 4.66. The number of carbonyl (C=O) groups is 2. The van der Waals surface area contributed by atoms with E-state index in [1.807, 2.05) is 13.8 Å². The van der Waals surface area contributed by atoms with Crippen LogP contribution in [-0.2, 0) is 15.0 Å². The van der Waals surface area contributed by atoms with Crippen LogP contribution in [0.1, 0.15) is 38.7 Å². The van der Waals surface area contributed by atoms with Crippen LogP contribution in [0.15, 0.2) is 36.4 Å². The molecule has 1 aliphatic rings. The molecule has 2 atom stereocenters. The summed E-state index contributed by atoms with van der Waals surface area (Å²) in [4.78, 5) is 24.7. The summed E-state index contributed by atoms with van der Waals surface area (Å²) in [6, 6.07) is 9.59. The minimum absolute atomic E-state index is 0.249. The Balaban J connectivity index is 1.67. The van der Waals surface area contributed by atoms with Crippen LogP contribution in [0.3, 0.4) is 0 Å². The smallest absolute Gasteiger partial charge is 0.222 e. The van der Waals surface area contributed by atoms with Gasteiger partial charge < -0.3 is 11.1 Å². The lowest BCUT2D eigenvalue weighted by atomic mass is 9.84. The van der Waals surface area contributed by atoms with E-state index in [9.17, 15) is 14.0 Å². The molecule has 8 heteroatoms. The first-order valence-electron chi connectivity index (χ1n) is 9.68. The third-order valence-corrected chi connectivity index (χ3v) is 5.57. The third-order valence-electron chi connectivity index (χ3n) is 5.57. The first-order valence-corrected chi connectivity index (χ1v) is 9.68. The van der Waals surface area contributed by atoms with Crippen LogP contribution in [0.25, 0.3) is 0 Å². The summed E-state index contributed by atoms with van der Waals surface area (Å²) >= 11 is 0. The van der Waals surface area contributed by atoms with Gasteiger partial charge in [-0.2, -0.15) is 0 Å². The van der Waals surface area contributed by atoms with Gasteiger partial charge in [0, 0.05) is 18.0 Å². The van der Waals surface area contributed by atoms with Crippen LogP contribution in [0, 0.1) is 11.7 Å². The predicted molar refractivity (Wildman–Crippen MR) is 109 cm³/mol. The van der Waals surface area contributed by atoms with E-state index in [0.717, 1.165) is 12.0 Å². The number of hydrogen-bond acceptors (Lipinski definition) is 5. The van der Waals surface area contributed by atoms with Crippen molar-refractivity contribution in [3.63, 3.8) is 0 Å². The summed E-state index contributed by atoms with van der Waals surface area (Å²) in [5.74, 6) is -0.0707. The number of nitrogens with zero attached hydrogens (tertiary/aromatic N) is 3. The van der Waals surface area contributed by atoms with E-state index in [-0.39, 0.29) is 23.2 Å². The van der Waals surface area contributed by atoms with Gasteiger partial charge in [0.1, 0.15) is 11.6 Å². The number of carbonyl (C=O) groups excluding carboxylic acids is 2. The number of aromatic nitrogens is 2. The van der Waals surface area contributed by atoms with Crippen LogP contribution >= 0.6 is 0 Å². The Morgan fingerprint density at radius 1 is 1.24 bits per heavy atom. The molecule has 0 bridgehead atoms. The number of hydrogen-bond donors (Lipinski definition) is 2. The molecule has 0 radical (unpaired) electrons. The minimum Gasteiger partial charge on any atom is -0.369 e. The molecule has 3 rings (SSSR count). The minimum atomic E-state index is -0.395. The van der Waals surface area contributed by atoms with Gasteiger partial charge in [0.25, 0.3) is 0 Å². The number of anilines is 2. The van der Waals surface area contributed by atoms with Crippen LogP contribution in [-0.4, -0.2) is 35.1 Å². The Morgan fingerprint density at radius 3 is 2.55 bits per heavy atom. The van der Waals surface area contributed by atoms with Gasteiger partial charge in [0.15, 0.2) is 5.82 Å². The number of primary amides is 1. The highest BCUT2D eigenvalue weighted by atomic mass is 19.1. The fraction of sp³-hybridized carbons (Fsp3) is 0.429. The molecule has 1 aromatic heterocycles. The second-order valence-electron chi connectivity index (χ2n) is 8.04. The van der Waals surface area contributed by atoms with Crippen molar-refractivity contribution in [1.29, 1.82) is 0 Å². The van der Waals surface area contributed by atoms with Gasteiger partial charge in [-0.15, -0.1) is 10.2 Å². The van der Waals surface area contributed by atoms with Gasteiger partial charge in [-0.1, -0.05) is 32.4 Å². The SMILES string of the molecule is CC(C)(CNc1ccc(N(C=O)[C@H]2CCC[C@H]2C(N)=O)nn1)c1ccc(F)cc1. The molecule has 1 heterocycles. The normalized spacial score (nSPS) is 19.0. The van der Waals surface area contributed by atoms with Crippen molar-refractivity contribution in [3.05, 3.63) is 47.8 Å². The van der Waals surface area contributed by atoms with Crippen molar-refractivity contribution < 1.29 is 14.0 Å². The number of amides is 2. The standard InChI is InChI=1S/C21H26FN5O2/c1-21(2,14-6-8-15(22)9-7-14)12-24-18-10-11-19(26-25-18)27(13-28)17-5-3-4-16(17)20(23)29/h6-11,13,16-17H,3-5,12H2,1-2H3,(H2,23,29)(H,24,25)/t16-,17+/m1/s1. The maximum atomic E-state index is 13.1. The van der Waals surface area contributed by atoms with Gasteiger partial charge in [-0.25, -0.2) is 4.39 Å². The third kappa shape index (κ3) is 4.70. The highest BCUT2D eigenvalue weighted by molar-refractivity contribution is 5.82.